The third kappa shape index (κ3) is 6.86. The van der Waals surface area contributed by atoms with Crippen LogP contribution in [0.4, 0.5) is 5.69 Å². The molecule has 3 aromatic carbocycles. The van der Waals surface area contributed by atoms with Crippen LogP contribution in [0.1, 0.15) is 21.5 Å². The van der Waals surface area contributed by atoms with Gasteiger partial charge in [-0.15, -0.1) is 0 Å². The van der Waals surface area contributed by atoms with E-state index in [2.05, 4.69) is 10.5 Å². The number of amides is 1. The highest BCUT2D eigenvalue weighted by Gasteiger charge is 2.05. The van der Waals surface area contributed by atoms with Gasteiger partial charge in [0.1, 0.15) is 11.5 Å². The van der Waals surface area contributed by atoms with Gasteiger partial charge in [0.2, 0.25) is 0 Å². The Labute approximate surface area is 189 Å². The lowest BCUT2D eigenvalue weighted by Gasteiger charge is -2.03. The summed E-state index contributed by atoms with van der Waals surface area (Å²) in [5.41, 5.74) is 4.16. The molecule has 166 valence electrons. The zero-order chi connectivity index (χ0) is 23.6. The molecule has 1 amide bonds. The number of ether oxygens (including phenoxy) is 2. The number of methoxy groups -OCH3 is 1. The summed E-state index contributed by atoms with van der Waals surface area (Å²) in [5.74, 6) is 0.0197. The molecule has 0 radical (unpaired) electrons. The topological polar surface area (TPSA) is 120 Å². The average molecular weight is 445 g/mol. The zero-order valence-corrected chi connectivity index (χ0v) is 17.5. The van der Waals surface area contributed by atoms with Crippen molar-refractivity contribution in [3.63, 3.8) is 0 Å². The van der Waals surface area contributed by atoms with Gasteiger partial charge in [-0.3, -0.25) is 14.9 Å². The molecule has 0 aliphatic carbocycles. The molecule has 9 heteroatoms. The third-order valence-corrected chi connectivity index (χ3v) is 4.35. The van der Waals surface area contributed by atoms with Gasteiger partial charge in [0, 0.05) is 23.8 Å². The van der Waals surface area contributed by atoms with Crippen LogP contribution in [-0.4, -0.2) is 30.1 Å². The predicted molar refractivity (Wildman–Crippen MR) is 122 cm³/mol. The van der Waals surface area contributed by atoms with Gasteiger partial charge in [0.25, 0.3) is 11.6 Å². The first-order chi connectivity index (χ1) is 15.9. The molecule has 0 heterocycles. The van der Waals surface area contributed by atoms with Crippen LogP contribution in [0, 0.1) is 10.1 Å². The van der Waals surface area contributed by atoms with Gasteiger partial charge in [0.05, 0.1) is 18.2 Å². The van der Waals surface area contributed by atoms with Crippen LogP contribution in [0.15, 0.2) is 84.0 Å². The van der Waals surface area contributed by atoms with Crippen LogP contribution in [0.5, 0.6) is 11.5 Å². The van der Waals surface area contributed by atoms with Crippen molar-refractivity contribution in [2.24, 2.45) is 5.10 Å². The number of esters is 1. The van der Waals surface area contributed by atoms with Crippen molar-refractivity contribution in [3.8, 4) is 11.5 Å². The van der Waals surface area contributed by atoms with E-state index in [0.29, 0.717) is 28.2 Å². The molecular formula is C24H19N3O6. The number of nitro groups is 1. The van der Waals surface area contributed by atoms with Crippen molar-refractivity contribution in [3.05, 3.63) is 106 Å². The fourth-order valence-corrected chi connectivity index (χ4v) is 2.62. The number of nitro benzene ring substituents is 1. The van der Waals surface area contributed by atoms with E-state index in [0.717, 1.165) is 0 Å². The number of hydrazone groups is 1. The lowest BCUT2D eigenvalue weighted by atomic mass is 10.2. The number of non-ortho nitro benzene ring substituents is 1. The highest BCUT2D eigenvalue weighted by Crippen LogP contribution is 2.15. The molecule has 0 bridgehead atoms. The Balaban J connectivity index is 1.50. The normalized spacial score (nSPS) is 10.8. The smallest absolute Gasteiger partial charge is 0.336 e. The molecule has 0 unspecified atom stereocenters. The SMILES string of the molecule is COc1ccc(C(=O)N/N=C\c2ccc(OC(=O)/C=C/c3ccc([N+](=O)[O-])cc3)cc2)cc1. The summed E-state index contributed by atoms with van der Waals surface area (Å²) in [7, 11) is 1.55. The fourth-order valence-electron chi connectivity index (χ4n) is 2.62. The predicted octanol–water partition coefficient (Wildman–Crippen LogP) is 3.99. The summed E-state index contributed by atoms with van der Waals surface area (Å²) in [6.07, 6.45) is 4.19. The number of hydrogen-bond donors (Lipinski definition) is 1. The number of rotatable bonds is 8. The quantitative estimate of drug-likeness (QED) is 0.140. The molecule has 0 aliphatic rings. The Bertz CT molecular complexity index is 1180. The van der Waals surface area contributed by atoms with Crippen LogP contribution in [0.2, 0.25) is 0 Å². The highest BCUT2D eigenvalue weighted by atomic mass is 16.6. The first-order valence-electron chi connectivity index (χ1n) is 9.66. The van der Waals surface area contributed by atoms with Gasteiger partial charge in [-0.05, 0) is 77.9 Å². The molecule has 3 rings (SSSR count). The van der Waals surface area contributed by atoms with E-state index in [1.165, 1.54) is 42.6 Å². The second-order valence-corrected chi connectivity index (χ2v) is 6.60. The van der Waals surface area contributed by atoms with Crippen molar-refractivity contribution < 1.29 is 24.0 Å². The first kappa shape index (κ1) is 22.9. The van der Waals surface area contributed by atoms with Gasteiger partial charge in [0.15, 0.2) is 0 Å². The van der Waals surface area contributed by atoms with Crippen molar-refractivity contribution in [2.45, 2.75) is 0 Å². The van der Waals surface area contributed by atoms with E-state index in [9.17, 15) is 19.7 Å². The Morgan fingerprint density at radius 2 is 1.52 bits per heavy atom. The maximum atomic E-state index is 12.1. The van der Waals surface area contributed by atoms with Crippen LogP contribution in [0.3, 0.4) is 0 Å². The van der Waals surface area contributed by atoms with Crippen LogP contribution < -0.4 is 14.9 Å². The number of benzene rings is 3. The van der Waals surface area contributed by atoms with Crippen LogP contribution in [-0.2, 0) is 4.79 Å². The maximum Gasteiger partial charge on any atom is 0.336 e. The summed E-state index contributed by atoms with van der Waals surface area (Å²) >= 11 is 0. The van der Waals surface area contributed by atoms with Gasteiger partial charge < -0.3 is 9.47 Å². The molecule has 3 aromatic rings. The van der Waals surface area contributed by atoms with E-state index in [-0.39, 0.29) is 11.6 Å². The van der Waals surface area contributed by atoms with Crippen molar-refractivity contribution >= 4 is 29.9 Å². The second kappa shape index (κ2) is 11.0. The standard InChI is InChI=1S/C24H19N3O6/c1-32-21-13-7-19(8-14-21)24(29)26-25-16-18-4-11-22(12-5-18)33-23(28)15-6-17-2-9-20(10-3-17)27(30)31/h2-16H,1H3,(H,26,29)/b15-6+,25-16-. The summed E-state index contributed by atoms with van der Waals surface area (Å²) in [6, 6.07) is 18.9. The molecule has 0 atom stereocenters. The monoisotopic (exact) mass is 445 g/mol. The lowest BCUT2D eigenvalue weighted by Crippen LogP contribution is -2.17. The summed E-state index contributed by atoms with van der Waals surface area (Å²) in [4.78, 5) is 34.2. The minimum absolute atomic E-state index is 0.0290. The minimum atomic E-state index is -0.596. The van der Waals surface area contributed by atoms with Gasteiger partial charge in [-0.25, -0.2) is 10.2 Å². The largest absolute Gasteiger partial charge is 0.497 e. The zero-order valence-electron chi connectivity index (χ0n) is 17.5. The minimum Gasteiger partial charge on any atom is -0.497 e. The Morgan fingerprint density at radius 1 is 0.909 bits per heavy atom. The molecule has 0 saturated heterocycles. The molecule has 0 fully saturated rings. The average Bonchev–Trinajstić information content (AvgIpc) is 2.84. The van der Waals surface area contributed by atoms with Crippen LogP contribution >= 0.6 is 0 Å². The Morgan fingerprint density at radius 3 is 2.12 bits per heavy atom. The highest BCUT2D eigenvalue weighted by molar-refractivity contribution is 5.95. The summed E-state index contributed by atoms with van der Waals surface area (Å²) in [5, 5.41) is 14.6. The number of carbonyl (C=O) groups excluding carboxylic acids is 2. The Hall–Kier alpha value is -4.79. The van der Waals surface area contributed by atoms with Crippen LogP contribution in [0.25, 0.3) is 6.08 Å². The molecular weight excluding hydrogens is 426 g/mol. The van der Waals surface area contributed by atoms with Crippen molar-refractivity contribution in [2.75, 3.05) is 7.11 Å². The van der Waals surface area contributed by atoms with Gasteiger partial charge >= 0.3 is 5.97 Å². The van der Waals surface area contributed by atoms with Gasteiger partial charge in [-0.2, -0.15) is 5.10 Å². The van der Waals surface area contributed by atoms with Crippen molar-refractivity contribution in [1.82, 2.24) is 5.43 Å². The fraction of sp³-hybridized carbons (Fsp3) is 0.0417. The van der Waals surface area contributed by atoms with E-state index in [1.807, 2.05) is 0 Å². The van der Waals surface area contributed by atoms with E-state index in [1.54, 1.807) is 55.6 Å². The summed E-state index contributed by atoms with van der Waals surface area (Å²) in [6.45, 7) is 0. The molecule has 1 N–H and O–H groups in total. The number of carbonyl (C=O) groups is 2. The first-order valence-corrected chi connectivity index (χ1v) is 9.66. The molecule has 0 aliphatic heterocycles. The molecule has 0 saturated carbocycles. The number of hydrogen-bond acceptors (Lipinski definition) is 7. The van der Waals surface area contributed by atoms with E-state index in [4.69, 9.17) is 9.47 Å². The third-order valence-electron chi connectivity index (χ3n) is 4.35. The van der Waals surface area contributed by atoms with E-state index < -0.39 is 10.9 Å². The van der Waals surface area contributed by atoms with Crippen molar-refractivity contribution in [1.29, 1.82) is 0 Å². The summed E-state index contributed by atoms with van der Waals surface area (Å²) < 4.78 is 10.3. The molecule has 9 nitrogen and oxygen atoms in total. The maximum absolute atomic E-state index is 12.1. The Kier molecular flexibility index (Phi) is 7.63. The molecule has 0 spiro atoms. The van der Waals surface area contributed by atoms with Gasteiger partial charge in [-0.1, -0.05) is 0 Å². The van der Waals surface area contributed by atoms with E-state index >= 15 is 0 Å². The molecule has 0 aromatic heterocycles. The lowest BCUT2D eigenvalue weighted by molar-refractivity contribution is -0.384. The number of nitrogens with one attached hydrogen (secondary N) is 1. The number of nitrogens with zero attached hydrogens (tertiary/aromatic N) is 2. The molecule has 33 heavy (non-hydrogen) atoms. The second-order valence-electron chi connectivity index (χ2n) is 6.60.